The first-order chi connectivity index (χ1) is 2.41. The van der Waals surface area contributed by atoms with Crippen molar-refractivity contribution in [3.05, 3.63) is 13.8 Å². The average Bonchev–Trinajstić information content (AvgIpc) is 1.41. The van der Waals surface area contributed by atoms with E-state index in [0.717, 1.165) is 0 Å². The Hall–Kier alpha value is 1.05. The predicted molar refractivity (Wildman–Crippen MR) is 31.3 cm³/mol. The Bertz CT molecular complexity index is 11.7. The van der Waals surface area contributed by atoms with E-state index in [1.807, 2.05) is 0 Å². The molecule has 0 atom stereocenters. The van der Waals surface area contributed by atoms with E-state index in [1.54, 1.807) is 0 Å². The molecule has 0 nitrogen and oxygen atoms in total. The van der Waals surface area contributed by atoms with Crippen LogP contribution in [0.5, 0.6) is 0 Å². The van der Waals surface area contributed by atoms with Crippen LogP contribution in [0.15, 0.2) is 0 Å². The first-order valence-electron chi connectivity index (χ1n) is 2.19. The molecule has 0 spiro atoms. The average molecular weight is 324 g/mol. The van der Waals surface area contributed by atoms with E-state index in [4.69, 9.17) is 0 Å². The third-order valence-corrected chi connectivity index (χ3v) is 0.577. The van der Waals surface area contributed by atoms with E-state index in [2.05, 4.69) is 20.3 Å². The van der Waals surface area contributed by atoms with Crippen molar-refractivity contribution in [2.45, 2.75) is 26.7 Å². The van der Waals surface area contributed by atoms with Gasteiger partial charge in [0, 0.05) is 0 Å². The Kier molecular flexibility index (Phi) is 35.3. The molecule has 0 aliphatic heterocycles. The van der Waals surface area contributed by atoms with Gasteiger partial charge < -0.3 is 13.8 Å². The number of rotatable bonds is 2. The number of unbranched alkanes of at least 4 members (excludes halogenated alkanes) is 2. The molecule has 0 saturated heterocycles. The molecule has 0 bridgehead atoms. The number of hydrogen-bond acceptors (Lipinski definition) is 0. The molecule has 1 heteroatoms. The summed E-state index contributed by atoms with van der Waals surface area (Å²) in [5.74, 6) is 0. The fraction of sp³-hybridized carbons (Fsp3) is 0.667. The third-order valence-electron chi connectivity index (χ3n) is 0.577. The molecular weight excluding hydrogens is 310 g/mol. The molecule has 0 N–H and O–H groups in total. The van der Waals surface area contributed by atoms with Crippen LogP contribution in [0.25, 0.3) is 0 Å². The fourth-order valence-corrected chi connectivity index (χ4v) is 0.289. The van der Waals surface area contributed by atoms with Gasteiger partial charge in [0.05, 0.1) is 0 Å². The van der Waals surface area contributed by atoms with Crippen molar-refractivity contribution in [2.24, 2.45) is 0 Å². The van der Waals surface area contributed by atoms with Gasteiger partial charge in [0.2, 0.25) is 0 Å². The normalized spacial score (nSPS) is 6.00. The fourth-order valence-electron chi connectivity index (χ4n) is 0.289. The molecule has 7 heavy (non-hydrogen) atoms. The Morgan fingerprint density at radius 2 is 1.86 bits per heavy atom. The zero-order chi connectivity index (χ0) is 4.12. The Balaban J connectivity index is -0.0000000800. The van der Waals surface area contributed by atoms with Crippen molar-refractivity contribution >= 4 is 0 Å². The maximum Gasteiger partial charge on any atom is 2.00 e. The standard InChI is InChI=1S/C5H11.CH3.U/c1-3-5-4-2;;/h3H,4-5H2,1-2H3;1H3;/q2*-1;+2. The molecule has 0 aromatic carbocycles. The second-order valence-electron chi connectivity index (χ2n) is 1.20. The van der Waals surface area contributed by atoms with E-state index >= 15 is 0 Å². The van der Waals surface area contributed by atoms with Gasteiger partial charge in [-0.25, -0.2) is 0 Å². The monoisotopic (exact) mass is 324 g/mol. The van der Waals surface area contributed by atoms with E-state index in [0.29, 0.717) is 0 Å². The van der Waals surface area contributed by atoms with Crippen LogP contribution in [-0.4, -0.2) is 0 Å². The molecule has 0 rings (SSSR count). The second-order valence-corrected chi connectivity index (χ2v) is 1.20. The maximum absolute atomic E-state index is 2.18. The summed E-state index contributed by atoms with van der Waals surface area (Å²) in [6.45, 7) is 4.27. The van der Waals surface area contributed by atoms with Crippen molar-refractivity contribution in [2.75, 3.05) is 0 Å². The molecule has 0 aliphatic rings. The third kappa shape index (κ3) is 19.3. The molecule has 0 aromatic heterocycles. The summed E-state index contributed by atoms with van der Waals surface area (Å²) >= 11 is 0. The largest absolute Gasteiger partial charge is 2.00 e. The summed E-state index contributed by atoms with van der Waals surface area (Å²) < 4.78 is 0. The minimum atomic E-state index is 0. The van der Waals surface area contributed by atoms with E-state index in [9.17, 15) is 0 Å². The molecule has 0 aromatic rings. The van der Waals surface area contributed by atoms with Gasteiger partial charge in [-0.15, -0.1) is 0 Å². The summed E-state index contributed by atoms with van der Waals surface area (Å²) in [6.07, 6.45) is 4.73. The molecular formula is C6H14U. The predicted octanol–water partition coefficient (Wildman–Crippen LogP) is 2.46. The van der Waals surface area contributed by atoms with Crippen LogP contribution in [-0.2, 0) is 0 Å². The Morgan fingerprint density at radius 3 is 1.86 bits per heavy atom. The van der Waals surface area contributed by atoms with Crippen molar-refractivity contribution in [1.82, 2.24) is 0 Å². The van der Waals surface area contributed by atoms with Gasteiger partial charge >= 0.3 is 31.1 Å². The molecule has 42 valence electrons. The van der Waals surface area contributed by atoms with Crippen LogP contribution in [0.3, 0.4) is 0 Å². The molecule has 0 amide bonds. The van der Waals surface area contributed by atoms with Crippen molar-refractivity contribution in [1.29, 1.82) is 0 Å². The van der Waals surface area contributed by atoms with Gasteiger partial charge in [-0.1, -0.05) is 13.3 Å². The molecule has 0 unspecified atom stereocenters. The molecule has 0 fully saturated rings. The van der Waals surface area contributed by atoms with Gasteiger partial charge in [-0.2, -0.15) is 13.3 Å². The van der Waals surface area contributed by atoms with Crippen LogP contribution in [0.4, 0.5) is 0 Å². The van der Waals surface area contributed by atoms with Gasteiger partial charge in [0.15, 0.2) is 0 Å². The van der Waals surface area contributed by atoms with Crippen LogP contribution >= 0.6 is 0 Å². The van der Waals surface area contributed by atoms with Crippen LogP contribution in [0, 0.1) is 45.0 Å². The topological polar surface area (TPSA) is 0 Å². The summed E-state index contributed by atoms with van der Waals surface area (Å²) in [7, 11) is 0. The van der Waals surface area contributed by atoms with Crippen LogP contribution < -0.4 is 0 Å². The quantitative estimate of drug-likeness (QED) is 0.685. The molecule has 0 aliphatic carbocycles. The Labute approximate surface area is 71.4 Å². The summed E-state index contributed by atoms with van der Waals surface area (Å²) in [5, 5.41) is 0. The molecule has 0 radical (unpaired) electrons. The van der Waals surface area contributed by atoms with Gasteiger partial charge in [-0.3, -0.25) is 0 Å². The second kappa shape index (κ2) is 15.7. The minimum absolute atomic E-state index is 0. The van der Waals surface area contributed by atoms with E-state index in [1.165, 1.54) is 12.8 Å². The summed E-state index contributed by atoms with van der Waals surface area (Å²) in [6, 6.07) is 0. The minimum Gasteiger partial charge on any atom is -0.358 e. The SMILES string of the molecule is C[CH-]CCC.[CH3-].[U+2]. The summed E-state index contributed by atoms with van der Waals surface area (Å²) in [5.41, 5.74) is 0. The van der Waals surface area contributed by atoms with Gasteiger partial charge in [-0.05, 0) is 0 Å². The van der Waals surface area contributed by atoms with E-state index in [-0.39, 0.29) is 38.5 Å². The number of hydrogen-bond donors (Lipinski definition) is 0. The van der Waals surface area contributed by atoms with E-state index < -0.39 is 0 Å². The van der Waals surface area contributed by atoms with Crippen molar-refractivity contribution in [3.8, 4) is 0 Å². The summed E-state index contributed by atoms with van der Waals surface area (Å²) in [4.78, 5) is 0. The van der Waals surface area contributed by atoms with Gasteiger partial charge in [0.1, 0.15) is 0 Å². The molecule has 0 heterocycles. The smallest absolute Gasteiger partial charge is 0.358 e. The van der Waals surface area contributed by atoms with Crippen LogP contribution in [0.2, 0.25) is 0 Å². The zero-order valence-electron chi connectivity index (χ0n) is 5.49. The van der Waals surface area contributed by atoms with Crippen LogP contribution in [0.1, 0.15) is 26.7 Å². The maximum atomic E-state index is 2.18. The van der Waals surface area contributed by atoms with Crippen molar-refractivity contribution in [3.63, 3.8) is 0 Å². The first-order valence-corrected chi connectivity index (χ1v) is 2.19. The Morgan fingerprint density at radius 1 is 1.43 bits per heavy atom. The van der Waals surface area contributed by atoms with Crippen molar-refractivity contribution < 1.29 is 31.1 Å². The zero-order valence-corrected chi connectivity index (χ0v) is 9.66. The first kappa shape index (κ1) is 15.7. The molecule has 0 saturated carbocycles. The van der Waals surface area contributed by atoms with Gasteiger partial charge in [0.25, 0.3) is 0 Å².